The maximum Gasteiger partial charge on any atom is 0.271 e. The van der Waals surface area contributed by atoms with Crippen molar-refractivity contribution in [3.8, 4) is 29.6 Å². The molecule has 29 heavy (non-hydrogen) atoms. The molecule has 0 aliphatic rings. The lowest BCUT2D eigenvalue weighted by atomic mass is 10.2. The molecule has 0 unspecified atom stereocenters. The van der Waals surface area contributed by atoms with Crippen LogP contribution in [0.25, 0.3) is 0 Å². The van der Waals surface area contributed by atoms with Crippen molar-refractivity contribution in [3.63, 3.8) is 0 Å². The average molecular weight is 459 g/mol. The normalized spacial score (nSPS) is 10.4. The number of terminal acetylenes is 1. The number of nitrogens with zero attached hydrogens (tertiary/aromatic N) is 1. The number of ether oxygens (including phenoxy) is 3. The number of carbonyl (C=O) groups excluding carboxylic acids is 1. The smallest absolute Gasteiger partial charge is 0.271 e. The molecule has 0 aliphatic heterocycles. The Bertz CT molecular complexity index is 889. The van der Waals surface area contributed by atoms with Gasteiger partial charge in [-0.05, 0) is 71.2 Å². The van der Waals surface area contributed by atoms with Crippen LogP contribution in [0.2, 0.25) is 0 Å². The molecule has 7 heteroatoms. The number of nitrogens with one attached hydrogen (secondary N) is 1. The lowest BCUT2D eigenvalue weighted by Crippen LogP contribution is -2.17. The molecule has 0 radical (unpaired) electrons. The van der Waals surface area contributed by atoms with Crippen molar-refractivity contribution in [2.75, 3.05) is 19.8 Å². The van der Waals surface area contributed by atoms with Gasteiger partial charge in [-0.2, -0.15) is 5.10 Å². The number of hydrogen-bond acceptors (Lipinski definition) is 5. The highest BCUT2D eigenvalue weighted by Crippen LogP contribution is 2.36. The van der Waals surface area contributed by atoms with Crippen molar-refractivity contribution < 1.29 is 19.0 Å². The van der Waals surface area contributed by atoms with Gasteiger partial charge >= 0.3 is 0 Å². The molecular formula is C22H23BrN2O4. The Labute approximate surface area is 179 Å². The maximum atomic E-state index is 12.2. The second-order valence-corrected chi connectivity index (χ2v) is 6.68. The van der Waals surface area contributed by atoms with Crippen molar-refractivity contribution in [1.82, 2.24) is 5.43 Å². The fourth-order valence-electron chi connectivity index (χ4n) is 2.33. The van der Waals surface area contributed by atoms with Gasteiger partial charge in [0.2, 0.25) is 0 Å². The van der Waals surface area contributed by atoms with Crippen LogP contribution in [-0.2, 0) is 0 Å². The number of amides is 1. The molecule has 6 nitrogen and oxygen atoms in total. The van der Waals surface area contributed by atoms with E-state index in [2.05, 4.69) is 32.4 Å². The van der Waals surface area contributed by atoms with E-state index in [0.717, 1.165) is 17.7 Å². The van der Waals surface area contributed by atoms with Crippen LogP contribution in [0.5, 0.6) is 17.2 Å². The Kier molecular flexibility index (Phi) is 9.06. The van der Waals surface area contributed by atoms with Crippen molar-refractivity contribution >= 4 is 28.1 Å². The van der Waals surface area contributed by atoms with Gasteiger partial charge in [0.25, 0.3) is 5.91 Å². The van der Waals surface area contributed by atoms with E-state index in [1.807, 2.05) is 13.8 Å². The second kappa shape index (κ2) is 11.8. The number of hydrogen-bond donors (Lipinski definition) is 1. The molecule has 2 rings (SSSR count). The van der Waals surface area contributed by atoms with Crippen LogP contribution in [-0.4, -0.2) is 31.9 Å². The van der Waals surface area contributed by atoms with Gasteiger partial charge in [-0.1, -0.05) is 12.8 Å². The summed E-state index contributed by atoms with van der Waals surface area (Å²) in [6, 6.07) is 10.5. The van der Waals surface area contributed by atoms with Gasteiger partial charge in [0.1, 0.15) is 12.4 Å². The molecule has 0 saturated carbocycles. The van der Waals surface area contributed by atoms with Crippen molar-refractivity contribution in [2.45, 2.75) is 20.3 Å². The van der Waals surface area contributed by atoms with Crippen molar-refractivity contribution in [3.05, 3.63) is 52.0 Å². The van der Waals surface area contributed by atoms with Gasteiger partial charge in [-0.15, -0.1) is 6.42 Å². The minimum Gasteiger partial charge on any atom is -0.494 e. The van der Waals surface area contributed by atoms with Gasteiger partial charge in [-0.3, -0.25) is 4.79 Å². The first-order chi connectivity index (χ1) is 14.1. The average Bonchev–Trinajstić information content (AvgIpc) is 2.72. The topological polar surface area (TPSA) is 69.2 Å². The zero-order chi connectivity index (χ0) is 21.1. The van der Waals surface area contributed by atoms with E-state index in [1.165, 1.54) is 6.21 Å². The molecule has 0 bridgehead atoms. The van der Waals surface area contributed by atoms with Crippen LogP contribution in [0.4, 0.5) is 0 Å². The quantitative estimate of drug-likeness (QED) is 0.325. The SMILES string of the molecule is C#CCOc1c(Br)cc(/C=N/NC(=O)c2ccc(OCCC)cc2)cc1OCC. The van der Waals surface area contributed by atoms with Crippen LogP contribution in [0.1, 0.15) is 36.2 Å². The third-order valence-electron chi connectivity index (χ3n) is 3.60. The number of hydrazone groups is 1. The summed E-state index contributed by atoms with van der Waals surface area (Å²) >= 11 is 3.45. The predicted octanol–water partition coefficient (Wildman–Crippen LogP) is 4.41. The first-order valence-corrected chi connectivity index (χ1v) is 9.97. The minimum absolute atomic E-state index is 0.129. The van der Waals surface area contributed by atoms with Crippen LogP contribution in [0, 0.1) is 12.3 Å². The van der Waals surface area contributed by atoms with Crippen LogP contribution < -0.4 is 19.6 Å². The number of rotatable bonds is 10. The van der Waals surface area contributed by atoms with Crippen LogP contribution >= 0.6 is 15.9 Å². The van der Waals surface area contributed by atoms with Gasteiger partial charge in [0, 0.05) is 5.56 Å². The Morgan fingerprint density at radius 2 is 1.97 bits per heavy atom. The molecule has 0 fully saturated rings. The summed E-state index contributed by atoms with van der Waals surface area (Å²) in [7, 11) is 0. The summed E-state index contributed by atoms with van der Waals surface area (Å²) < 4.78 is 17.3. The van der Waals surface area contributed by atoms with Crippen LogP contribution in [0.15, 0.2) is 46.0 Å². The molecule has 2 aromatic carbocycles. The Morgan fingerprint density at radius 1 is 1.21 bits per heavy atom. The van der Waals surface area contributed by atoms with E-state index in [4.69, 9.17) is 20.6 Å². The number of benzene rings is 2. The van der Waals surface area contributed by atoms with E-state index in [-0.39, 0.29) is 12.5 Å². The molecule has 0 spiro atoms. The van der Waals surface area contributed by atoms with Crippen molar-refractivity contribution in [1.29, 1.82) is 0 Å². The summed E-state index contributed by atoms with van der Waals surface area (Å²) in [5, 5.41) is 4.02. The standard InChI is InChI=1S/C22H23BrN2O4/c1-4-11-28-18-9-7-17(8-10-18)22(26)25-24-15-16-13-19(23)21(29-12-5-2)20(14-16)27-6-3/h2,7-10,13-15H,4,6,11-12H2,1,3H3,(H,25,26)/b24-15+. The monoisotopic (exact) mass is 458 g/mol. The number of halogens is 1. The second-order valence-electron chi connectivity index (χ2n) is 5.83. The highest BCUT2D eigenvalue weighted by molar-refractivity contribution is 9.10. The fourth-order valence-corrected chi connectivity index (χ4v) is 2.91. The molecule has 2 aromatic rings. The van der Waals surface area contributed by atoms with Gasteiger partial charge < -0.3 is 14.2 Å². The van der Waals surface area contributed by atoms with E-state index < -0.39 is 0 Å². The minimum atomic E-state index is -0.318. The summed E-state index contributed by atoms with van der Waals surface area (Å²) in [6.45, 7) is 5.15. The largest absolute Gasteiger partial charge is 0.494 e. The Morgan fingerprint density at radius 3 is 2.62 bits per heavy atom. The predicted molar refractivity (Wildman–Crippen MR) is 117 cm³/mol. The Hall–Kier alpha value is -2.98. The summed E-state index contributed by atoms with van der Waals surface area (Å²) in [6.07, 6.45) is 7.70. The van der Waals surface area contributed by atoms with E-state index in [9.17, 15) is 4.79 Å². The van der Waals surface area contributed by atoms with Gasteiger partial charge in [-0.25, -0.2) is 5.43 Å². The summed E-state index contributed by atoms with van der Waals surface area (Å²) in [5.41, 5.74) is 3.71. The fraction of sp³-hybridized carbons (Fsp3) is 0.273. The maximum absolute atomic E-state index is 12.2. The molecule has 0 aliphatic carbocycles. The molecular weight excluding hydrogens is 436 g/mol. The highest BCUT2D eigenvalue weighted by Gasteiger charge is 2.11. The molecule has 0 aromatic heterocycles. The molecule has 152 valence electrons. The van der Waals surface area contributed by atoms with E-state index in [1.54, 1.807) is 36.4 Å². The molecule has 1 N–H and O–H groups in total. The molecule has 0 heterocycles. The van der Waals surface area contributed by atoms with E-state index in [0.29, 0.717) is 34.7 Å². The third-order valence-corrected chi connectivity index (χ3v) is 4.19. The highest BCUT2D eigenvalue weighted by atomic mass is 79.9. The Balaban J connectivity index is 2.05. The van der Waals surface area contributed by atoms with Gasteiger partial charge in [0.05, 0.1) is 23.9 Å². The molecule has 0 atom stereocenters. The summed E-state index contributed by atoms with van der Waals surface area (Å²) in [4.78, 5) is 12.2. The lowest BCUT2D eigenvalue weighted by molar-refractivity contribution is 0.0955. The molecule has 1 amide bonds. The first kappa shape index (κ1) is 22.3. The summed E-state index contributed by atoms with van der Waals surface area (Å²) in [5.74, 6) is 3.89. The van der Waals surface area contributed by atoms with E-state index >= 15 is 0 Å². The molecule has 0 saturated heterocycles. The van der Waals surface area contributed by atoms with Crippen LogP contribution in [0.3, 0.4) is 0 Å². The van der Waals surface area contributed by atoms with Gasteiger partial charge in [0.15, 0.2) is 11.5 Å². The number of carbonyl (C=O) groups is 1. The first-order valence-electron chi connectivity index (χ1n) is 9.17. The third kappa shape index (κ3) is 6.84. The lowest BCUT2D eigenvalue weighted by Gasteiger charge is -2.13. The zero-order valence-corrected chi connectivity index (χ0v) is 18.0. The zero-order valence-electron chi connectivity index (χ0n) is 16.4. The van der Waals surface area contributed by atoms with Crippen molar-refractivity contribution in [2.24, 2.45) is 5.10 Å².